The molecule has 0 radical (unpaired) electrons. The summed E-state index contributed by atoms with van der Waals surface area (Å²) in [7, 11) is 0. The fourth-order valence-electron chi connectivity index (χ4n) is 3.22. The Hall–Kier alpha value is -3.59. The van der Waals surface area contributed by atoms with E-state index in [1.165, 1.54) is 6.33 Å². The van der Waals surface area contributed by atoms with Crippen LogP contribution in [-0.2, 0) is 11.2 Å². The summed E-state index contributed by atoms with van der Waals surface area (Å²) in [5.74, 6) is 0.391. The maximum absolute atomic E-state index is 12.8. The second-order valence-electron chi connectivity index (χ2n) is 8.18. The van der Waals surface area contributed by atoms with Crippen molar-refractivity contribution in [3.8, 4) is 22.5 Å². The van der Waals surface area contributed by atoms with Gasteiger partial charge in [-0.3, -0.25) is 4.79 Å². The molecule has 0 saturated heterocycles. The van der Waals surface area contributed by atoms with Gasteiger partial charge in [0.05, 0.1) is 12.1 Å². The van der Waals surface area contributed by atoms with Gasteiger partial charge in [0.1, 0.15) is 6.33 Å². The molecule has 2 aromatic carbocycles. The summed E-state index contributed by atoms with van der Waals surface area (Å²) in [5, 5.41) is 17.5. The van der Waals surface area contributed by atoms with Crippen molar-refractivity contribution >= 4 is 23.4 Å². The smallest absolute Gasteiger partial charge is 0.228 e. The van der Waals surface area contributed by atoms with Crippen molar-refractivity contribution in [1.82, 2.24) is 30.6 Å². The molecule has 0 atom stereocenters. The Kier molecular flexibility index (Phi) is 6.27. The van der Waals surface area contributed by atoms with Crippen LogP contribution in [0.3, 0.4) is 0 Å². The van der Waals surface area contributed by atoms with Crippen LogP contribution in [0.5, 0.6) is 0 Å². The Labute approximate surface area is 190 Å². The van der Waals surface area contributed by atoms with Gasteiger partial charge in [0.15, 0.2) is 0 Å². The van der Waals surface area contributed by atoms with Crippen molar-refractivity contribution in [2.75, 3.05) is 5.32 Å². The molecule has 2 aromatic heterocycles. The van der Waals surface area contributed by atoms with Crippen LogP contribution >= 0.6 is 11.8 Å². The number of aromatic amines is 1. The third kappa shape index (κ3) is 5.36. The van der Waals surface area contributed by atoms with E-state index in [4.69, 9.17) is 0 Å². The molecule has 0 saturated carbocycles. The first-order valence-electron chi connectivity index (χ1n) is 10.1. The van der Waals surface area contributed by atoms with Crippen LogP contribution in [0, 0.1) is 0 Å². The minimum Gasteiger partial charge on any atom is -0.325 e. The highest BCUT2D eigenvalue weighted by molar-refractivity contribution is 8.00. The quantitative estimate of drug-likeness (QED) is 0.423. The zero-order valence-corrected chi connectivity index (χ0v) is 18.8. The first kappa shape index (κ1) is 21.6. The number of hydrogen-bond acceptors (Lipinski definition) is 7. The van der Waals surface area contributed by atoms with E-state index in [1.54, 1.807) is 24.2 Å². The van der Waals surface area contributed by atoms with E-state index in [9.17, 15) is 4.79 Å². The van der Waals surface area contributed by atoms with E-state index in [0.717, 1.165) is 32.8 Å². The molecule has 0 aliphatic carbocycles. The molecule has 0 fully saturated rings. The van der Waals surface area contributed by atoms with E-state index in [1.807, 2.05) is 42.5 Å². The highest BCUT2D eigenvalue weighted by Gasteiger charge is 2.18. The number of nitrogens with zero attached hydrogens (tertiary/aromatic N) is 5. The van der Waals surface area contributed by atoms with Gasteiger partial charge in [-0.1, -0.05) is 51.1 Å². The number of aromatic nitrogens is 6. The molecular formula is C23H23N7OS. The number of carbonyl (C=O) groups excluding carboxylic acids is 1. The predicted molar refractivity (Wildman–Crippen MR) is 125 cm³/mol. The van der Waals surface area contributed by atoms with Gasteiger partial charge in [0.2, 0.25) is 11.7 Å². The summed E-state index contributed by atoms with van der Waals surface area (Å²) < 4.78 is -0.0171. The number of nitrogens with one attached hydrogen (secondary N) is 2. The molecule has 0 unspecified atom stereocenters. The van der Waals surface area contributed by atoms with Gasteiger partial charge in [-0.2, -0.15) is 5.21 Å². The SMILES string of the molecule is CC(C)(C)Sc1ccc(-c2ccccc2-c2nn[nH]n2)cc1NC(=O)Cc1cncnc1. The summed E-state index contributed by atoms with van der Waals surface area (Å²) in [6.07, 6.45) is 4.94. The summed E-state index contributed by atoms with van der Waals surface area (Å²) in [6, 6.07) is 13.9. The van der Waals surface area contributed by atoms with E-state index in [-0.39, 0.29) is 17.1 Å². The van der Waals surface area contributed by atoms with Crippen LogP contribution in [0.1, 0.15) is 26.3 Å². The fraction of sp³-hybridized carbons (Fsp3) is 0.217. The topological polar surface area (TPSA) is 109 Å². The maximum atomic E-state index is 12.8. The number of hydrogen-bond donors (Lipinski definition) is 2. The molecule has 32 heavy (non-hydrogen) atoms. The second-order valence-corrected chi connectivity index (χ2v) is 10.0. The van der Waals surface area contributed by atoms with Crippen LogP contribution < -0.4 is 5.32 Å². The third-order valence-electron chi connectivity index (χ3n) is 4.47. The summed E-state index contributed by atoms with van der Waals surface area (Å²) >= 11 is 1.70. The number of thioether (sulfide) groups is 1. The summed E-state index contributed by atoms with van der Waals surface area (Å²) in [5.41, 5.74) is 4.27. The summed E-state index contributed by atoms with van der Waals surface area (Å²) in [4.78, 5) is 21.8. The lowest BCUT2D eigenvalue weighted by Gasteiger charge is -2.21. The molecular weight excluding hydrogens is 422 g/mol. The lowest BCUT2D eigenvalue weighted by Crippen LogP contribution is -2.16. The molecule has 9 heteroatoms. The van der Waals surface area contributed by atoms with Crippen molar-refractivity contribution < 1.29 is 4.79 Å². The predicted octanol–water partition coefficient (Wildman–Crippen LogP) is 4.40. The Bertz CT molecular complexity index is 1200. The van der Waals surface area contributed by atoms with Gasteiger partial charge >= 0.3 is 0 Å². The Balaban J connectivity index is 1.70. The number of rotatable bonds is 6. The van der Waals surface area contributed by atoms with Gasteiger partial charge in [0, 0.05) is 27.6 Å². The van der Waals surface area contributed by atoms with Crippen molar-refractivity contribution in [2.24, 2.45) is 0 Å². The highest BCUT2D eigenvalue weighted by Crippen LogP contribution is 2.40. The van der Waals surface area contributed by atoms with E-state index < -0.39 is 0 Å². The molecule has 4 aromatic rings. The van der Waals surface area contributed by atoms with Crippen LogP contribution in [0.15, 0.2) is 66.1 Å². The van der Waals surface area contributed by atoms with Gasteiger partial charge in [-0.05, 0) is 34.0 Å². The number of carbonyl (C=O) groups is 1. The van der Waals surface area contributed by atoms with E-state index >= 15 is 0 Å². The molecule has 1 amide bonds. The van der Waals surface area contributed by atoms with Crippen LogP contribution in [0.4, 0.5) is 5.69 Å². The minimum absolute atomic E-state index is 0.0171. The molecule has 162 valence electrons. The largest absolute Gasteiger partial charge is 0.325 e. The second kappa shape index (κ2) is 9.27. The molecule has 2 N–H and O–H groups in total. The van der Waals surface area contributed by atoms with Crippen molar-refractivity contribution in [3.63, 3.8) is 0 Å². The third-order valence-corrected chi connectivity index (χ3v) is 5.66. The number of benzene rings is 2. The average molecular weight is 446 g/mol. The standard InChI is InChI=1S/C23H23N7OS/c1-23(2,3)32-20-9-8-16(17-6-4-5-7-18(17)22-27-29-30-28-22)11-19(20)26-21(31)10-15-12-24-14-25-13-15/h4-9,11-14H,10H2,1-3H3,(H,26,31)(H,27,28,29,30). The molecule has 0 aliphatic rings. The van der Waals surface area contributed by atoms with Crippen molar-refractivity contribution in [3.05, 3.63) is 66.7 Å². The normalized spacial score (nSPS) is 11.3. The molecule has 0 bridgehead atoms. The lowest BCUT2D eigenvalue weighted by molar-refractivity contribution is -0.115. The number of tetrazole rings is 1. The molecule has 0 aliphatic heterocycles. The first-order valence-corrected chi connectivity index (χ1v) is 10.9. The van der Waals surface area contributed by atoms with Gasteiger partial charge < -0.3 is 5.32 Å². The van der Waals surface area contributed by atoms with Gasteiger partial charge in [-0.25, -0.2) is 9.97 Å². The van der Waals surface area contributed by atoms with Crippen molar-refractivity contribution in [2.45, 2.75) is 36.8 Å². The lowest BCUT2D eigenvalue weighted by atomic mass is 9.99. The molecule has 0 spiro atoms. The zero-order valence-electron chi connectivity index (χ0n) is 18.0. The zero-order chi connectivity index (χ0) is 22.6. The van der Waals surface area contributed by atoms with Crippen LogP contribution in [0.2, 0.25) is 0 Å². The highest BCUT2D eigenvalue weighted by atomic mass is 32.2. The first-order chi connectivity index (χ1) is 15.4. The van der Waals surface area contributed by atoms with Crippen molar-refractivity contribution in [1.29, 1.82) is 0 Å². The van der Waals surface area contributed by atoms with E-state index in [0.29, 0.717) is 5.82 Å². The molecule has 4 rings (SSSR count). The number of H-pyrrole nitrogens is 1. The number of amides is 1. The Morgan fingerprint density at radius 2 is 1.81 bits per heavy atom. The average Bonchev–Trinajstić information content (AvgIpc) is 3.29. The summed E-state index contributed by atoms with van der Waals surface area (Å²) in [6.45, 7) is 6.43. The fourth-order valence-corrected chi connectivity index (χ4v) is 4.24. The van der Waals surface area contributed by atoms with Crippen LogP contribution in [-0.4, -0.2) is 41.2 Å². The van der Waals surface area contributed by atoms with Crippen LogP contribution in [0.25, 0.3) is 22.5 Å². The molecule has 2 heterocycles. The Morgan fingerprint density at radius 1 is 1.06 bits per heavy atom. The van der Waals surface area contributed by atoms with E-state index in [2.05, 4.69) is 56.7 Å². The number of anilines is 1. The maximum Gasteiger partial charge on any atom is 0.228 e. The monoisotopic (exact) mass is 445 g/mol. The van der Waals surface area contributed by atoms with Gasteiger partial charge in [0.25, 0.3) is 0 Å². The Morgan fingerprint density at radius 3 is 2.50 bits per heavy atom. The minimum atomic E-state index is -0.126. The van der Waals surface area contributed by atoms with Gasteiger partial charge in [-0.15, -0.1) is 22.0 Å². The molecule has 8 nitrogen and oxygen atoms in total.